The molecule has 1 unspecified atom stereocenters. The first-order valence-electron chi connectivity index (χ1n) is 10.7. The summed E-state index contributed by atoms with van der Waals surface area (Å²) >= 11 is 0. The summed E-state index contributed by atoms with van der Waals surface area (Å²) in [5, 5.41) is 20.2. The lowest BCUT2D eigenvalue weighted by Crippen LogP contribution is -2.29. The van der Waals surface area contributed by atoms with Gasteiger partial charge in [-0.1, -0.05) is 24.3 Å². The monoisotopic (exact) mass is 461 g/mol. The normalized spacial score (nSPS) is 17.4. The van der Waals surface area contributed by atoms with Gasteiger partial charge < -0.3 is 24.3 Å². The maximum absolute atomic E-state index is 13.1. The third-order valence-corrected chi connectivity index (χ3v) is 5.39. The standard InChI is InChI=1S/C26H23NO7/c1-15(2)34-19-6-3-5-18(13-19)23(28)21-22(20-7-4-12-33-20)27(25(30)24(21)29)14-16-8-10-17(11-9-16)26(31)32/h3-13,15,22,28H,14H2,1-2H3,(H,31,32)/b23-21-. The molecule has 1 saturated heterocycles. The Balaban J connectivity index is 1.76. The van der Waals surface area contributed by atoms with Crippen molar-refractivity contribution in [3.8, 4) is 5.75 Å². The van der Waals surface area contributed by atoms with Crippen LogP contribution in [-0.4, -0.2) is 38.9 Å². The van der Waals surface area contributed by atoms with Gasteiger partial charge in [0.25, 0.3) is 11.7 Å². The number of benzene rings is 2. The molecule has 1 amide bonds. The van der Waals surface area contributed by atoms with Crippen LogP contribution in [0.2, 0.25) is 0 Å². The summed E-state index contributed by atoms with van der Waals surface area (Å²) in [5.41, 5.74) is 0.968. The maximum atomic E-state index is 13.1. The molecule has 1 aromatic heterocycles. The van der Waals surface area contributed by atoms with E-state index in [1.807, 2.05) is 13.8 Å². The van der Waals surface area contributed by atoms with Crippen molar-refractivity contribution in [2.75, 3.05) is 0 Å². The van der Waals surface area contributed by atoms with Crippen LogP contribution >= 0.6 is 0 Å². The molecule has 2 N–H and O–H groups in total. The minimum atomic E-state index is -1.06. The number of ether oxygens (including phenoxy) is 1. The Labute approximate surface area is 195 Å². The molecule has 2 heterocycles. The number of Topliss-reactive ketones (excluding diaryl/α,β-unsaturated/α-hetero) is 1. The fourth-order valence-electron chi connectivity index (χ4n) is 3.88. The van der Waals surface area contributed by atoms with E-state index in [9.17, 15) is 19.5 Å². The van der Waals surface area contributed by atoms with E-state index in [0.29, 0.717) is 22.6 Å². The average molecular weight is 461 g/mol. The van der Waals surface area contributed by atoms with Gasteiger partial charge in [0.15, 0.2) is 0 Å². The van der Waals surface area contributed by atoms with E-state index in [-0.39, 0.29) is 29.5 Å². The summed E-state index contributed by atoms with van der Waals surface area (Å²) in [6.45, 7) is 3.76. The zero-order valence-corrected chi connectivity index (χ0v) is 18.6. The van der Waals surface area contributed by atoms with Crippen LogP contribution in [0.5, 0.6) is 5.75 Å². The molecule has 0 aliphatic carbocycles. The van der Waals surface area contributed by atoms with Crippen LogP contribution in [0.25, 0.3) is 5.76 Å². The van der Waals surface area contributed by atoms with Gasteiger partial charge >= 0.3 is 5.97 Å². The van der Waals surface area contributed by atoms with Crippen molar-refractivity contribution >= 4 is 23.4 Å². The summed E-state index contributed by atoms with van der Waals surface area (Å²) in [4.78, 5) is 38.5. The Kier molecular flexibility index (Phi) is 6.23. The molecule has 1 aliphatic heterocycles. The lowest BCUT2D eigenvalue weighted by atomic mass is 9.99. The summed E-state index contributed by atoms with van der Waals surface area (Å²) < 4.78 is 11.2. The van der Waals surface area contributed by atoms with E-state index in [4.69, 9.17) is 14.3 Å². The number of amides is 1. The van der Waals surface area contributed by atoms with Crippen molar-refractivity contribution < 1.29 is 33.8 Å². The lowest BCUT2D eigenvalue weighted by molar-refractivity contribution is -0.140. The highest BCUT2D eigenvalue weighted by molar-refractivity contribution is 6.46. The van der Waals surface area contributed by atoms with Crippen molar-refractivity contribution in [1.82, 2.24) is 4.90 Å². The molecule has 8 nitrogen and oxygen atoms in total. The maximum Gasteiger partial charge on any atom is 0.335 e. The molecule has 1 atom stereocenters. The van der Waals surface area contributed by atoms with E-state index in [2.05, 4.69) is 0 Å². The van der Waals surface area contributed by atoms with E-state index < -0.39 is 23.7 Å². The number of carbonyl (C=O) groups excluding carboxylic acids is 2. The molecule has 3 aromatic rings. The number of aromatic carboxylic acids is 1. The van der Waals surface area contributed by atoms with E-state index in [1.54, 1.807) is 48.5 Å². The summed E-state index contributed by atoms with van der Waals surface area (Å²) in [6.07, 6.45) is 1.34. The topological polar surface area (TPSA) is 117 Å². The van der Waals surface area contributed by atoms with Gasteiger partial charge in [0.05, 0.1) is 23.5 Å². The minimum absolute atomic E-state index is 0.0170. The van der Waals surface area contributed by atoms with Crippen LogP contribution in [-0.2, 0) is 16.1 Å². The van der Waals surface area contributed by atoms with Gasteiger partial charge in [0.1, 0.15) is 23.3 Å². The molecule has 0 radical (unpaired) electrons. The number of furan rings is 1. The SMILES string of the molecule is CC(C)Oc1cccc(/C(O)=C2/C(=O)C(=O)N(Cc3ccc(C(=O)O)cc3)C2c2ccco2)c1. The number of hydrogen-bond donors (Lipinski definition) is 2. The molecule has 174 valence electrons. The van der Waals surface area contributed by atoms with Gasteiger partial charge in [-0.15, -0.1) is 0 Å². The molecule has 34 heavy (non-hydrogen) atoms. The minimum Gasteiger partial charge on any atom is -0.507 e. The Morgan fingerprint density at radius 3 is 2.38 bits per heavy atom. The first-order chi connectivity index (χ1) is 16.3. The van der Waals surface area contributed by atoms with Gasteiger partial charge in [0, 0.05) is 12.1 Å². The van der Waals surface area contributed by atoms with Gasteiger partial charge in [-0.05, 0) is 55.8 Å². The van der Waals surface area contributed by atoms with Crippen molar-refractivity contribution in [3.63, 3.8) is 0 Å². The number of rotatable bonds is 7. The third-order valence-electron chi connectivity index (χ3n) is 5.39. The fraction of sp³-hybridized carbons (Fsp3) is 0.192. The molecule has 8 heteroatoms. The number of hydrogen-bond acceptors (Lipinski definition) is 6. The molecule has 2 aromatic carbocycles. The van der Waals surface area contributed by atoms with Gasteiger partial charge in [-0.25, -0.2) is 4.79 Å². The molecule has 0 saturated carbocycles. The Hall–Kier alpha value is -4.33. The quantitative estimate of drug-likeness (QED) is 0.304. The number of carbonyl (C=O) groups is 3. The number of carboxylic acid groups (broad SMARTS) is 1. The van der Waals surface area contributed by atoms with E-state index in [1.165, 1.54) is 23.3 Å². The molecular formula is C26H23NO7. The smallest absolute Gasteiger partial charge is 0.335 e. The number of carboxylic acids is 1. The Bertz CT molecular complexity index is 1260. The highest BCUT2D eigenvalue weighted by atomic mass is 16.5. The average Bonchev–Trinajstić information content (AvgIpc) is 3.41. The summed E-state index contributed by atoms with van der Waals surface area (Å²) in [6, 6.07) is 15.0. The molecule has 1 aliphatic rings. The molecule has 4 rings (SSSR count). The summed E-state index contributed by atoms with van der Waals surface area (Å²) in [5.74, 6) is -2.20. The first-order valence-corrected chi connectivity index (χ1v) is 10.7. The summed E-state index contributed by atoms with van der Waals surface area (Å²) in [7, 11) is 0. The second-order valence-electron chi connectivity index (χ2n) is 8.14. The van der Waals surface area contributed by atoms with Crippen molar-refractivity contribution in [1.29, 1.82) is 0 Å². The van der Waals surface area contributed by atoms with Gasteiger partial charge in [-0.2, -0.15) is 0 Å². The van der Waals surface area contributed by atoms with Crippen molar-refractivity contribution in [3.05, 3.63) is 95.0 Å². The van der Waals surface area contributed by atoms with Crippen LogP contribution in [0.15, 0.2) is 76.9 Å². The third kappa shape index (κ3) is 4.43. The van der Waals surface area contributed by atoms with Crippen LogP contribution in [0, 0.1) is 0 Å². The van der Waals surface area contributed by atoms with Crippen molar-refractivity contribution in [2.45, 2.75) is 32.5 Å². The van der Waals surface area contributed by atoms with Crippen LogP contribution in [0.3, 0.4) is 0 Å². The second-order valence-corrected chi connectivity index (χ2v) is 8.14. The highest BCUT2D eigenvalue weighted by Crippen LogP contribution is 2.40. The van der Waals surface area contributed by atoms with Gasteiger partial charge in [0.2, 0.25) is 0 Å². The number of ketones is 1. The van der Waals surface area contributed by atoms with E-state index >= 15 is 0 Å². The van der Waals surface area contributed by atoms with Crippen molar-refractivity contribution in [2.24, 2.45) is 0 Å². The number of aliphatic hydroxyl groups excluding tert-OH is 1. The number of aliphatic hydroxyl groups is 1. The molecule has 0 spiro atoms. The predicted octanol–water partition coefficient (Wildman–Crippen LogP) is 4.39. The lowest BCUT2D eigenvalue weighted by Gasteiger charge is -2.23. The van der Waals surface area contributed by atoms with Gasteiger partial charge in [-0.3, -0.25) is 9.59 Å². The number of nitrogens with zero attached hydrogens (tertiary/aromatic N) is 1. The molecular weight excluding hydrogens is 438 g/mol. The van der Waals surface area contributed by atoms with Crippen LogP contribution < -0.4 is 4.74 Å². The molecule has 1 fully saturated rings. The Morgan fingerprint density at radius 2 is 1.76 bits per heavy atom. The number of likely N-dealkylation sites (tertiary alicyclic amines) is 1. The van der Waals surface area contributed by atoms with Crippen LogP contribution in [0.1, 0.15) is 47.1 Å². The second kappa shape index (κ2) is 9.27. The van der Waals surface area contributed by atoms with E-state index in [0.717, 1.165) is 0 Å². The zero-order chi connectivity index (χ0) is 24.4. The fourth-order valence-corrected chi connectivity index (χ4v) is 3.88. The first kappa shape index (κ1) is 22.8. The predicted molar refractivity (Wildman–Crippen MR) is 122 cm³/mol. The highest BCUT2D eigenvalue weighted by Gasteiger charge is 2.47. The zero-order valence-electron chi connectivity index (χ0n) is 18.6. The molecule has 0 bridgehead atoms. The Morgan fingerprint density at radius 1 is 1.03 bits per heavy atom. The largest absolute Gasteiger partial charge is 0.507 e. The van der Waals surface area contributed by atoms with Crippen LogP contribution in [0.4, 0.5) is 0 Å².